The third-order valence-electron chi connectivity index (χ3n) is 2.32. The Labute approximate surface area is 134 Å². The van der Waals surface area contributed by atoms with Gasteiger partial charge in [-0.05, 0) is 50.8 Å². The predicted octanol–water partition coefficient (Wildman–Crippen LogP) is 4.73. The van der Waals surface area contributed by atoms with Crippen LogP contribution >= 0.6 is 15.9 Å². The van der Waals surface area contributed by atoms with Crippen LogP contribution in [0.3, 0.4) is 0 Å². The maximum atomic E-state index is 13.5. The first kappa shape index (κ1) is 17.9. The molecule has 0 fully saturated rings. The number of halogens is 2. The molecule has 0 radical (unpaired) electrons. The summed E-state index contributed by atoms with van der Waals surface area (Å²) in [5.74, 6) is -0.173. The molecule has 1 aromatic rings. The van der Waals surface area contributed by atoms with Crippen LogP contribution in [-0.4, -0.2) is 20.9 Å². The van der Waals surface area contributed by atoms with E-state index in [9.17, 15) is 9.18 Å². The quantitative estimate of drug-likeness (QED) is 0.410. The minimum Gasteiger partial charge on any atom is -0.544 e. The van der Waals surface area contributed by atoms with E-state index in [0.29, 0.717) is 22.4 Å². The molecule has 0 atom stereocenters. The van der Waals surface area contributed by atoms with E-state index in [2.05, 4.69) is 15.9 Å². The summed E-state index contributed by atoms with van der Waals surface area (Å²) >= 11 is 3.26. The Hall–Kier alpha value is -1.14. The summed E-state index contributed by atoms with van der Waals surface area (Å²) in [5.41, 5.74) is 0.605. The summed E-state index contributed by atoms with van der Waals surface area (Å²) in [6.07, 6.45) is 1.75. The zero-order chi connectivity index (χ0) is 16.0. The summed E-state index contributed by atoms with van der Waals surface area (Å²) in [7, 11) is -1.89. The molecule has 0 aliphatic carbocycles. The van der Waals surface area contributed by atoms with Gasteiger partial charge in [-0.15, -0.1) is 0 Å². The first-order chi connectivity index (χ1) is 9.71. The SMILES string of the molecule is CCOC(=O)CC=C(O[Si](C)(C)C)c1cc(F)cc(Br)c1. The highest BCUT2D eigenvalue weighted by Crippen LogP contribution is 2.25. The lowest BCUT2D eigenvalue weighted by molar-refractivity contribution is -0.142. The van der Waals surface area contributed by atoms with Crippen molar-refractivity contribution in [2.45, 2.75) is 33.0 Å². The van der Waals surface area contributed by atoms with E-state index in [4.69, 9.17) is 9.16 Å². The summed E-state index contributed by atoms with van der Waals surface area (Å²) < 4.78 is 25.0. The fraction of sp³-hybridized carbons (Fsp3) is 0.400. The fourth-order valence-corrected chi connectivity index (χ4v) is 2.97. The van der Waals surface area contributed by atoms with Crippen molar-refractivity contribution in [3.05, 3.63) is 40.1 Å². The molecule has 6 heteroatoms. The lowest BCUT2D eigenvalue weighted by Crippen LogP contribution is -2.24. The van der Waals surface area contributed by atoms with Crippen molar-refractivity contribution in [1.82, 2.24) is 0 Å². The number of carbonyl (C=O) groups excluding carboxylic acids is 1. The highest BCUT2D eigenvalue weighted by molar-refractivity contribution is 9.10. The smallest absolute Gasteiger partial charge is 0.309 e. The van der Waals surface area contributed by atoms with Crippen molar-refractivity contribution < 1.29 is 18.3 Å². The summed E-state index contributed by atoms with van der Waals surface area (Å²) in [4.78, 5) is 11.5. The van der Waals surface area contributed by atoms with Crippen molar-refractivity contribution in [2.75, 3.05) is 6.61 Å². The highest BCUT2D eigenvalue weighted by Gasteiger charge is 2.19. The second-order valence-corrected chi connectivity index (χ2v) is 10.8. The number of hydrogen-bond donors (Lipinski definition) is 0. The fourth-order valence-electron chi connectivity index (χ4n) is 1.64. The second kappa shape index (κ2) is 7.75. The van der Waals surface area contributed by atoms with Crippen LogP contribution in [0.25, 0.3) is 5.76 Å². The molecule has 0 bridgehead atoms. The van der Waals surface area contributed by atoms with Gasteiger partial charge in [0.25, 0.3) is 0 Å². The van der Waals surface area contributed by atoms with Gasteiger partial charge in [0, 0.05) is 10.0 Å². The third-order valence-corrected chi connectivity index (χ3v) is 3.61. The molecule has 1 aromatic carbocycles. The Bertz CT molecular complexity index is 518. The lowest BCUT2D eigenvalue weighted by Gasteiger charge is -2.22. The van der Waals surface area contributed by atoms with Crippen LogP contribution < -0.4 is 0 Å². The molecule has 0 unspecified atom stereocenters. The van der Waals surface area contributed by atoms with Crippen LogP contribution in [0, 0.1) is 5.82 Å². The van der Waals surface area contributed by atoms with E-state index in [1.807, 2.05) is 19.6 Å². The molecule has 0 aliphatic rings. The van der Waals surface area contributed by atoms with Crippen molar-refractivity contribution >= 4 is 36.0 Å². The van der Waals surface area contributed by atoms with Crippen LogP contribution in [0.2, 0.25) is 19.6 Å². The first-order valence-electron chi connectivity index (χ1n) is 6.72. The van der Waals surface area contributed by atoms with E-state index in [-0.39, 0.29) is 18.2 Å². The minimum atomic E-state index is -1.89. The summed E-state index contributed by atoms with van der Waals surface area (Å²) in [6, 6.07) is 4.53. The number of ether oxygens (including phenoxy) is 1. The number of carbonyl (C=O) groups is 1. The molecule has 0 aromatic heterocycles. The number of hydrogen-bond acceptors (Lipinski definition) is 3. The van der Waals surface area contributed by atoms with Gasteiger partial charge >= 0.3 is 5.97 Å². The van der Waals surface area contributed by atoms with Gasteiger partial charge in [0.15, 0.2) is 0 Å². The molecule has 0 N–H and O–H groups in total. The zero-order valence-corrected chi connectivity index (χ0v) is 15.3. The van der Waals surface area contributed by atoms with Gasteiger partial charge in [-0.2, -0.15) is 0 Å². The summed E-state index contributed by atoms with van der Waals surface area (Å²) in [5, 5.41) is 0. The molecule has 0 heterocycles. The number of rotatable bonds is 6. The normalized spacial score (nSPS) is 12.2. The number of benzene rings is 1. The van der Waals surface area contributed by atoms with Crippen LogP contribution in [0.15, 0.2) is 28.7 Å². The molecular weight excluding hydrogens is 355 g/mol. The van der Waals surface area contributed by atoms with Crippen LogP contribution in [0.5, 0.6) is 0 Å². The van der Waals surface area contributed by atoms with Gasteiger partial charge in [-0.1, -0.05) is 15.9 Å². The number of esters is 1. The average molecular weight is 375 g/mol. The summed E-state index contributed by atoms with van der Waals surface area (Å²) in [6.45, 7) is 8.17. The lowest BCUT2D eigenvalue weighted by atomic mass is 10.1. The third kappa shape index (κ3) is 6.90. The van der Waals surface area contributed by atoms with Crippen molar-refractivity contribution in [1.29, 1.82) is 0 Å². The molecule has 0 amide bonds. The van der Waals surface area contributed by atoms with E-state index >= 15 is 0 Å². The standard InChI is InChI=1S/C15H20BrFO3Si/c1-5-19-15(18)7-6-14(20-21(2,3)4)11-8-12(16)10-13(17)9-11/h6,8-10H,5,7H2,1-4H3. The molecule has 116 valence electrons. The average Bonchev–Trinajstić information content (AvgIpc) is 2.32. The van der Waals surface area contributed by atoms with Gasteiger partial charge in [0.05, 0.1) is 13.0 Å². The first-order valence-corrected chi connectivity index (χ1v) is 10.9. The van der Waals surface area contributed by atoms with Gasteiger partial charge in [-0.25, -0.2) is 4.39 Å². The van der Waals surface area contributed by atoms with Gasteiger partial charge in [0.1, 0.15) is 11.6 Å². The molecule has 3 nitrogen and oxygen atoms in total. The molecule has 1 rings (SSSR count). The van der Waals surface area contributed by atoms with E-state index in [1.54, 1.807) is 19.1 Å². The molecular formula is C15H20BrFO3Si. The Morgan fingerprint density at radius 3 is 2.52 bits per heavy atom. The maximum absolute atomic E-state index is 13.5. The highest BCUT2D eigenvalue weighted by atomic mass is 79.9. The van der Waals surface area contributed by atoms with E-state index < -0.39 is 8.32 Å². The van der Waals surface area contributed by atoms with E-state index in [1.165, 1.54) is 12.1 Å². The molecule has 0 aliphatic heterocycles. The van der Waals surface area contributed by atoms with Crippen LogP contribution in [0.4, 0.5) is 4.39 Å². The second-order valence-electron chi connectivity index (χ2n) is 5.45. The zero-order valence-electron chi connectivity index (χ0n) is 12.7. The Morgan fingerprint density at radius 2 is 2.00 bits per heavy atom. The maximum Gasteiger partial charge on any atom is 0.309 e. The van der Waals surface area contributed by atoms with Gasteiger partial charge in [-0.3, -0.25) is 4.79 Å². The Balaban J connectivity index is 3.06. The van der Waals surface area contributed by atoms with Gasteiger partial charge < -0.3 is 9.16 Å². The molecule has 0 spiro atoms. The Kier molecular flexibility index (Phi) is 6.61. The largest absolute Gasteiger partial charge is 0.544 e. The minimum absolute atomic E-state index is 0.0990. The van der Waals surface area contributed by atoms with Gasteiger partial charge in [0.2, 0.25) is 8.32 Å². The molecule has 0 saturated heterocycles. The van der Waals surface area contributed by atoms with Crippen LogP contribution in [-0.2, 0) is 14.0 Å². The molecule has 0 saturated carbocycles. The van der Waals surface area contributed by atoms with Crippen LogP contribution in [0.1, 0.15) is 18.9 Å². The van der Waals surface area contributed by atoms with Crippen molar-refractivity contribution in [3.63, 3.8) is 0 Å². The van der Waals surface area contributed by atoms with E-state index in [0.717, 1.165) is 0 Å². The van der Waals surface area contributed by atoms with Crippen molar-refractivity contribution in [3.8, 4) is 0 Å². The predicted molar refractivity (Wildman–Crippen MR) is 87.8 cm³/mol. The Morgan fingerprint density at radius 1 is 1.33 bits per heavy atom. The topological polar surface area (TPSA) is 35.5 Å². The van der Waals surface area contributed by atoms with Crippen molar-refractivity contribution in [2.24, 2.45) is 0 Å². The molecule has 21 heavy (non-hydrogen) atoms. The monoisotopic (exact) mass is 374 g/mol.